The summed E-state index contributed by atoms with van der Waals surface area (Å²) in [5, 5.41) is 0. The highest BCUT2D eigenvalue weighted by molar-refractivity contribution is 5.15. The molecular weight excluding hydrogens is 184 g/mol. The standard InChI is InChI=1S/C14H22O/c1-4-15-11-14(12(2)3)10-13-8-6-5-7-9-13/h5-9,12,14H,4,10-11H2,1-3H3/t14-/m1/s1. The predicted molar refractivity (Wildman–Crippen MR) is 65.0 cm³/mol. The van der Waals surface area contributed by atoms with E-state index in [1.54, 1.807) is 0 Å². The molecule has 1 aromatic carbocycles. The van der Waals surface area contributed by atoms with Crippen LogP contribution < -0.4 is 0 Å². The van der Waals surface area contributed by atoms with Gasteiger partial charge in [0.1, 0.15) is 0 Å². The van der Waals surface area contributed by atoms with Gasteiger partial charge in [0.25, 0.3) is 0 Å². The predicted octanol–water partition coefficient (Wildman–Crippen LogP) is 3.54. The summed E-state index contributed by atoms with van der Waals surface area (Å²) in [6.07, 6.45) is 1.12. The van der Waals surface area contributed by atoms with E-state index in [1.165, 1.54) is 5.56 Å². The third-order valence-electron chi connectivity index (χ3n) is 2.82. The van der Waals surface area contributed by atoms with Gasteiger partial charge in [0, 0.05) is 13.2 Å². The maximum Gasteiger partial charge on any atom is 0.0499 e. The van der Waals surface area contributed by atoms with Gasteiger partial charge in [0.05, 0.1) is 0 Å². The van der Waals surface area contributed by atoms with Gasteiger partial charge in [-0.1, -0.05) is 44.2 Å². The lowest BCUT2D eigenvalue weighted by atomic mass is 9.90. The van der Waals surface area contributed by atoms with E-state index in [0.29, 0.717) is 11.8 Å². The zero-order valence-corrected chi connectivity index (χ0v) is 10.1. The fraction of sp³-hybridized carbons (Fsp3) is 0.571. The van der Waals surface area contributed by atoms with E-state index >= 15 is 0 Å². The van der Waals surface area contributed by atoms with Gasteiger partial charge < -0.3 is 4.74 Å². The van der Waals surface area contributed by atoms with Crippen molar-refractivity contribution in [3.05, 3.63) is 35.9 Å². The second-order valence-electron chi connectivity index (χ2n) is 4.35. The van der Waals surface area contributed by atoms with E-state index in [-0.39, 0.29) is 0 Å². The largest absolute Gasteiger partial charge is 0.381 e. The van der Waals surface area contributed by atoms with Crippen LogP contribution in [0.25, 0.3) is 0 Å². The summed E-state index contributed by atoms with van der Waals surface area (Å²) in [6.45, 7) is 8.29. The maximum atomic E-state index is 5.53. The summed E-state index contributed by atoms with van der Waals surface area (Å²) >= 11 is 0. The van der Waals surface area contributed by atoms with Crippen LogP contribution in [0.3, 0.4) is 0 Å². The van der Waals surface area contributed by atoms with E-state index in [4.69, 9.17) is 4.74 Å². The van der Waals surface area contributed by atoms with Crippen molar-refractivity contribution in [2.75, 3.05) is 13.2 Å². The lowest BCUT2D eigenvalue weighted by Gasteiger charge is -2.20. The minimum atomic E-state index is 0.632. The third-order valence-corrected chi connectivity index (χ3v) is 2.82. The normalized spacial score (nSPS) is 13.1. The Morgan fingerprint density at radius 2 is 1.80 bits per heavy atom. The number of hydrogen-bond donors (Lipinski definition) is 0. The van der Waals surface area contributed by atoms with Gasteiger partial charge in [-0.25, -0.2) is 0 Å². The smallest absolute Gasteiger partial charge is 0.0499 e. The van der Waals surface area contributed by atoms with Crippen molar-refractivity contribution < 1.29 is 4.74 Å². The van der Waals surface area contributed by atoms with E-state index < -0.39 is 0 Å². The molecule has 1 nitrogen and oxygen atoms in total. The molecule has 0 bridgehead atoms. The molecular formula is C14H22O. The van der Waals surface area contributed by atoms with Crippen LogP contribution >= 0.6 is 0 Å². The molecule has 0 fully saturated rings. The van der Waals surface area contributed by atoms with Crippen molar-refractivity contribution >= 4 is 0 Å². The van der Waals surface area contributed by atoms with Gasteiger partial charge >= 0.3 is 0 Å². The third kappa shape index (κ3) is 4.48. The summed E-state index contributed by atoms with van der Waals surface area (Å²) in [5.74, 6) is 1.31. The van der Waals surface area contributed by atoms with Gasteiger partial charge in [0.2, 0.25) is 0 Å². The Labute approximate surface area is 93.5 Å². The number of ether oxygens (including phenoxy) is 1. The molecule has 0 heterocycles. The lowest BCUT2D eigenvalue weighted by molar-refractivity contribution is 0.0925. The van der Waals surface area contributed by atoms with Gasteiger partial charge in [-0.05, 0) is 30.7 Å². The summed E-state index contributed by atoms with van der Waals surface area (Å²) in [6, 6.07) is 10.7. The molecule has 0 N–H and O–H groups in total. The van der Waals surface area contributed by atoms with Crippen LogP contribution in [0.4, 0.5) is 0 Å². The molecule has 0 saturated heterocycles. The number of rotatable bonds is 6. The lowest BCUT2D eigenvalue weighted by Crippen LogP contribution is -2.18. The first-order chi connectivity index (χ1) is 7.24. The molecule has 0 aromatic heterocycles. The number of benzene rings is 1. The van der Waals surface area contributed by atoms with Crippen LogP contribution in [0.2, 0.25) is 0 Å². The minimum absolute atomic E-state index is 0.632. The van der Waals surface area contributed by atoms with Crippen molar-refractivity contribution in [3.63, 3.8) is 0 Å². The van der Waals surface area contributed by atoms with Gasteiger partial charge in [-0.15, -0.1) is 0 Å². The summed E-state index contributed by atoms with van der Waals surface area (Å²) in [7, 11) is 0. The monoisotopic (exact) mass is 206 g/mol. The van der Waals surface area contributed by atoms with Gasteiger partial charge in [-0.2, -0.15) is 0 Å². The average molecular weight is 206 g/mol. The Bertz CT molecular complexity index is 253. The van der Waals surface area contributed by atoms with E-state index in [0.717, 1.165) is 19.6 Å². The van der Waals surface area contributed by atoms with Crippen molar-refractivity contribution in [1.29, 1.82) is 0 Å². The second kappa shape index (κ2) is 6.62. The first kappa shape index (κ1) is 12.3. The molecule has 0 amide bonds. The Morgan fingerprint density at radius 3 is 2.33 bits per heavy atom. The van der Waals surface area contributed by atoms with Crippen LogP contribution in [0, 0.1) is 11.8 Å². The van der Waals surface area contributed by atoms with Crippen LogP contribution in [0.15, 0.2) is 30.3 Å². The molecule has 1 rings (SSSR count). The first-order valence-corrected chi connectivity index (χ1v) is 5.85. The van der Waals surface area contributed by atoms with Crippen LogP contribution in [-0.2, 0) is 11.2 Å². The van der Waals surface area contributed by atoms with Crippen LogP contribution in [0.5, 0.6) is 0 Å². The zero-order valence-electron chi connectivity index (χ0n) is 10.1. The Kier molecular flexibility index (Phi) is 5.41. The number of hydrogen-bond acceptors (Lipinski definition) is 1. The highest BCUT2D eigenvalue weighted by Crippen LogP contribution is 2.17. The van der Waals surface area contributed by atoms with Crippen molar-refractivity contribution in [2.45, 2.75) is 27.2 Å². The molecule has 0 aliphatic heterocycles. The topological polar surface area (TPSA) is 9.23 Å². The molecule has 0 saturated carbocycles. The second-order valence-corrected chi connectivity index (χ2v) is 4.35. The molecule has 1 aromatic rings. The molecule has 0 spiro atoms. The summed E-state index contributed by atoms with van der Waals surface area (Å²) in [5.41, 5.74) is 1.41. The van der Waals surface area contributed by atoms with Crippen LogP contribution in [0.1, 0.15) is 26.3 Å². The fourth-order valence-corrected chi connectivity index (χ4v) is 1.67. The zero-order chi connectivity index (χ0) is 11.1. The van der Waals surface area contributed by atoms with Crippen molar-refractivity contribution in [2.24, 2.45) is 11.8 Å². The molecule has 15 heavy (non-hydrogen) atoms. The molecule has 84 valence electrons. The van der Waals surface area contributed by atoms with E-state index in [2.05, 4.69) is 51.1 Å². The molecule has 1 heteroatoms. The molecule has 1 atom stereocenters. The summed E-state index contributed by atoms with van der Waals surface area (Å²) in [4.78, 5) is 0. The first-order valence-electron chi connectivity index (χ1n) is 5.85. The Morgan fingerprint density at radius 1 is 1.13 bits per heavy atom. The SMILES string of the molecule is CCOC[C@@H](Cc1ccccc1)C(C)C. The van der Waals surface area contributed by atoms with E-state index in [9.17, 15) is 0 Å². The summed E-state index contributed by atoms with van der Waals surface area (Å²) < 4.78 is 5.53. The Hall–Kier alpha value is -0.820. The van der Waals surface area contributed by atoms with E-state index in [1.807, 2.05) is 0 Å². The average Bonchev–Trinajstić information content (AvgIpc) is 2.25. The van der Waals surface area contributed by atoms with Gasteiger partial charge in [0.15, 0.2) is 0 Å². The maximum absolute atomic E-state index is 5.53. The highest BCUT2D eigenvalue weighted by atomic mass is 16.5. The Balaban J connectivity index is 2.51. The minimum Gasteiger partial charge on any atom is -0.381 e. The highest BCUT2D eigenvalue weighted by Gasteiger charge is 2.13. The van der Waals surface area contributed by atoms with Crippen LogP contribution in [-0.4, -0.2) is 13.2 Å². The molecule has 0 aliphatic carbocycles. The molecule has 0 radical (unpaired) electrons. The quantitative estimate of drug-likeness (QED) is 0.691. The van der Waals surface area contributed by atoms with Crippen molar-refractivity contribution in [3.8, 4) is 0 Å². The van der Waals surface area contributed by atoms with Crippen molar-refractivity contribution in [1.82, 2.24) is 0 Å². The fourth-order valence-electron chi connectivity index (χ4n) is 1.67. The molecule has 0 aliphatic rings. The molecule has 0 unspecified atom stereocenters. The van der Waals surface area contributed by atoms with Gasteiger partial charge in [-0.3, -0.25) is 0 Å².